The van der Waals surface area contributed by atoms with Crippen molar-refractivity contribution in [1.82, 2.24) is 19.7 Å². The standard InChI is InChI=1S/C22H23N5O3/c1-15-11-16(6-7-22(2,30)8-10-26(3)14-28)13-17(12-15)27-21-18(5-4-9-24-21)19(25-27)20(23)29/h4-5,9,11-14,30H,8,10H2,1-3H3,(H2,23,29). The van der Waals surface area contributed by atoms with Crippen LogP contribution in [0.3, 0.4) is 0 Å². The quantitative estimate of drug-likeness (QED) is 0.475. The van der Waals surface area contributed by atoms with Gasteiger partial charge in [-0.25, -0.2) is 9.67 Å². The second-order valence-corrected chi connectivity index (χ2v) is 7.42. The number of aliphatic hydroxyl groups is 1. The van der Waals surface area contributed by atoms with Gasteiger partial charge in [0.1, 0.15) is 5.60 Å². The van der Waals surface area contributed by atoms with Crippen LogP contribution in [-0.2, 0) is 4.79 Å². The number of nitrogens with zero attached hydrogens (tertiary/aromatic N) is 4. The second kappa shape index (κ2) is 8.35. The SMILES string of the molecule is Cc1cc(C#CC(C)(O)CCN(C)C=O)cc(-n2nc(C(N)=O)c3cccnc32)c1. The van der Waals surface area contributed by atoms with Gasteiger partial charge in [0.15, 0.2) is 11.3 Å². The van der Waals surface area contributed by atoms with Crippen molar-refractivity contribution in [2.75, 3.05) is 13.6 Å². The number of rotatable bonds is 6. The van der Waals surface area contributed by atoms with E-state index in [9.17, 15) is 14.7 Å². The first-order valence-electron chi connectivity index (χ1n) is 9.37. The van der Waals surface area contributed by atoms with Crippen molar-refractivity contribution in [2.24, 2.45) is 5.73 Å². The van der Waals surface area contributed by atoms with Gasteiger partial charge in [-0.3, -0.25) is 9.59 Å². The molecule has 8 heteroatoms. The van der Waals surface area contributed by atoms with Crippen LogP contribution >= 0.6 is 0 Å². The molecule has 0 fully saturated rings. The first-order valence-corrected chi connectivity index (χ1v) is 9.37. The number of aryl methyl sites for hydroxylation is 1. The summed E-state index contributed by atoms with van der Waals surface area (Å²) in [5.41, 5.74) is 7.16. The maximum atomic E-state index is 11.8. The van der Waals surface area contributed by atoms with E-state index in [0.29, 0.717) is 41.7 Å². The van der Waals surface area contributed by atoms with Crippen molar-refractivity contribution in [3.05, 3.63) is 53.3 Å². The average Bonchev–Trinajstić information content (AvgIpc) is 3.10. The van der Waals surface area contributed by atoms with E-state index in [1.165, 1.54) is 4.90 Å². The lowest BCUT2D eigenvalue weighted by atomic mass is 10.0. The van der Waals surface area contributed by atoms with Crippen LogP contribution in [0.15, 0.2) is 36.5 Å². The van der Waals surface area contributed by atoms with Crippen LogP contribution in [0.1, 0.15) is 35.0 Å². The summed E-state index contributed by atoms with van der Waals surface area (Å²) >= 11 is 0. The van der Waals surface area contributed by atoms with Gasteiger partial charge in [0, 0.05) is 31.8 Å². The van der Waals surface area contributed by atoms with Gasteiger partial charge < -0.3 is 15.7 Å². The van der Waals surface area contributed by atoms with Crippen LogP contribution in [-0.4, -0.2) is 56.3 Å². The Kier molecular flexibility index (Phi) is 5.85. The van der Waals surface area contributed by atoms with Gasteiger partial charge in [-0.1, -0.05) is 11.8 Å². The molecule has 3 rings (SSSR count). The second-order valence-electron chi connectivity index (χ2n) is 7.42. The molecule has 1 unspecified atom stereocenters. The molecule has 2 amide bonds. The van der Waals surface area contributed by atoms with Crippen molar-refractivity contribution in [1.29, 1.82) is 0 Å². The first kappa shape index (κ1) is 21.0. The Balaban J connectivity index is 1.99. The molecule has 1 aromatic carbocycles. The minimum absolute atomic E-state index is 0.148. The van der Waals surface area contributed by atoms with Gasteiger partial charge >= 0.3 is 0 Å². The smallest absolute Gasteiger partial charge is 0.269 e. The number of pyridine rings is 1. The Morgan fingerprint density at radius 2 is 2.17 bits per heavy atom. The number of carbonyl (C=O) groups excluding carboxylic acids is 2. The van der Waals surface area contributed by atoms with Crippen molar-refractivity contribution >= 4 is 23.4 Å². The van der Waals surface area contributed by atoms with E-state index in [-0.39, 0.29) is 5.69 Å². The third-order valence-electron chi connectivity index (χ3n) is 4.59. The highest BCUT2D eigenvalue weighted by atomic mass is 16.3. The number of amides is 2. The van der Waals surface area contributed by atoms with E-state index < -0.39 is 11.5 Å². The van der Waals surface area contributed by atoms with Crippen LogP contribution in [0.25, 0.3) is 16.7 Å². The van der Waals surface area contributed by atoms with Crippen molar-refractivity contribution in [3.63, 3.8) is 0 Å². The molecular formula is C22H23N5O3. The summed E-state index contributed by atoms with van der Waals surface area (Å²) in [4.78, 5) is 28.3. The maximum Gasteiger partial charge on any atom is 0.269 e. The van der Waals surface area contributed by atoms with Crippen LogP contribution in [0, 0.1) is 18.8 Å². The highest BCUT2D eigenvalue weighted by molar-refractivity contribution is 6.03. The monoisotopic (exact) mass is 405 g/mol. The van der Waals surface area contributed by atoms with E-state index in [4.69, 9.17) is 5.73 Å². The van der Waals surface area contributed by atoms with Crippen molar-refractivity contribution in [2.45, 2.75) is 25.9 Å². The zero-order valence-corrected chi connectivity index (χ0v) is 17.1. The highest BCUT2D eigenvalue weighted by Gasteiger charge is 2.18. The lowest BCUT2D eigenvalue weighted by molar-refractivity contribution is -0.117. The fourth-order valence-corrected chi connectivity index (χ4v) is 2.99. The van der Waals surface area contributed by atoms with Gasteiger partial charge in [-0.15, -0.1) is 0 Å². The first-order chi connectivity index (χ1) is 14.2. The lowest BCUT2D eigenvalue weighted by Gasteiger charge is -2.19. The molecule has 0 aliphatic heterocycles. The van der Waals surface area contributed by atoms with Gasteiger partial charge in [-0.05, 0) is 49.7 Å². The lowest BCUT2D eigenvalue weighted by Crippen LogP contribution is -2.29. The summed E-state index contributed by atoms with van der Waals surface area (Å²) in [6, 6.07) is 9.06. The number of carbonyl (C=O) groups is 2. The molecule has 8 nitrogen and oxygen atoms in total. The van der Waals surface area contributed by atoms with E-state index in [1.54, 1.807) is 43.0 Å². The topological polar surface area (TPSA) is 114 Å². The largest absolute Gasteiger partial charge is 0.378 e. The van der Waals surface area contributed by atoms with Gasteiger partial charge in [0.05, 0.1) is 11.1 Å². The summed E-state index contributed by atoms with van der Waals surface area (Å²) < 4.78 is 1.56. The molecule has 2 aromatic heterocycles. The molecular weight excluding hydrogens is 382 g/mol. The van der Waals surface area contributed by atoms with Gasteiger partial charge in [0.2, 0.25) is 6.41 Å². The van der Waals surface area contributed by atoms with E-state index >= 15 is 0 Å². The van der Waals surface area contributed by atoms with Crippen LogP contribution < -0.4 is 5.73 Å². The number of hydrogen-bond donors (Lipinski definition) is 2. The predicted octanol–water partition coefficient (Wildman–Crippen LogP) is 1.41. The molecule has 0 spiro atoms. The summed E-state index contributed by atoms with van der Waals surface area (Å²) in [7, 11) is 1.64. The number of hydrogen-bond acceptors (Lipinski definition) is 5. The maximum absolute atomic E-state index is 11.8. The van der Waals surface area contributed by atoms with Crippen LogP contribution in [0.5, 0.6) is 0 Å². The van der Waals surface area contributed by atoms with E-state index in [1.807, 2.05) is 19.1 Å². The van der Waals surface area contributed by atoms with E-state index in [0.717, 1.165) is 5.56 Å². The molecule has 1 atom stereocenters. The molecule has 0 saturated heterocycles. The molecule has 0 saturated carbocycles. The zero-order chi connectivity index (χ0) is 21.9. The molecule has 0 aliphatic carbocycles. The number of aromatic nitrogens is 3. The molecule has 0 radical (unpaired) electrons. The Hall–Kier alpha value is -3.70. The predicted molar refractivity (Wildman–Crippen MR) is 113 cm³/mol. The molecule has 2 heterocycles. The third kappa shape index (κ3) is 4.64. The Morgan fingerprint density at radius 1 is 1.40 bits per heavy atom. The number of primary amides is 1. The number of fused-ring (bicyclic) bond motifs is 1. The summed E-state index contributed by atoms with van der Waals surface area (Å²) in [6.07, 6.45) is 2.65. The van der Waals surface area contributed by atoms with Crippen LogP contribution in [0.2, 0.25) is 0 Å². The fourth-order valence-electron chi connectivity index (χ4n) is 2.99. The molecule has 3 aromatic rings. The molecule has 0 bridgehead atoms. The van der Waals surface area contributed by atoms with Gasteiger partial charge in [-0.2, -0.15) is 5.10 Å². The molecule has 154 valence electrons. The Labute approximate surface area is 174 Å². The molecule has 30 heavy (non-hydrogen) atoms. The van der Waals surface area contributed by atoms with Crippen molar-refractivity contribution in [3.8, 4) is 17.5 Å². The fraction of sp³-hybridized carbons (Fsp3) is 0.273. The highest BCUT2D eigenvalue weighted by Crippen LogP contribution is 2.22. The van der Waals surface area contributed by atoms with E-state index in [2.05, 4.69) is 21.9 Å². The summed E-state index contributed by atoms with van der Waals surface area (Å²) in [5, 5.41) is 15.4. The van der Waals surface area contributed by atoms with Crippen molar-refractivity contribution < 1.29 is 14.7 Å². The average molecular weight is 405 g/mol. The Morgan fingerprint density at radius 3 is 2.87 bits per heavy atom. The number of benzene rings is 1. The number of nitrogens with two attached hydrogens (primary N) is 1. The molecule has 3 N–H and O–H groups in total. The minimum Gasteiger partial charge on any atom is -0.378 e. The van der Waals surface area contributed by atoms with Gasteiger partial charge in [0.25, 0.3) is 5.91 Å². The van der Waals surface area contributed by atoms with Crippen LogP contribution in [0.4, 0.5) is 0 Å². The molecule has 0 aliphatic rings. The third-order valence-corrected chi connectivity index (χ3v) is 4.59. The minimum atomic E-state index is -1.25. The normalized spacial score (nSPS) is 12.7. The summed E-state index contributed by atoms with van der Waals surface area (Å²) in [6.45, 7) is 3.92. The Bertz CT molecular complexity index is 1170. The zero-order valence-electron chi connectivity index (χ0n) is 17.1. The summed E-state index contributed by atoms with van der Waals surface area (Å²) in [5.74, 6) is 5.23.